The van der Waals surface area contributed by atoms with Gasteiger partial charge in [0.2, 0.25) is 5.88 Å². The van der Waals surface area contributed by atoms with Crippen molar-refractivity contribution in [1.82, 2.24) is 4.98 Å². The molecule has 1 rings (SSSR count). The van der Waals surface area contributed by atoms with Crippen molar-refractivity contribution in [2.45, 2.75) is 66.9 Å². The molecule has 1 heterocycles. The first-order chi connectivity index (χ1) is 11.7. The predicted molar refractivity (Wildman–Crippen MR) is 102 cm³/mol. The highest BCUT2D eigenvalue weighted by atomic mass is 16.5. The molecule has 1 amide bonds. The molecule has 0 aliphatic rings. The second kappa shape index (κ2) is 9.76. The Morgan fingerprint density at radius 2 is 1.72 bits per heavy atom. The van der Waals surface area contributed by atoms with E-state index >= 15 is 0 Å². The van der Waals surface area contributed by atoms with Crippen molar-refractivity contribution in [2.75, 3.05) is 18.5 Å². The lowest BCUT2D eigenvalue weighted by atomic mass is 9.83. The van der Waals surface area contributed by atoms with Crippen molar-refractivity contribution in [3.8, 4) is 5.88 Å². The van der Waals surface area contributed by atoms with Gasteiger partial charge >= 0.3 is 0 Å². The number of hydrogen-bond acceptors (Lipinski definition) is 4. The minimum Gasteiger partial charge on any atom is -0.478 e. The van der Waals surface area contributed by atoms with Crippen LogP contribution in [0.25, 0.3) is 0 Å². The van der Waals surface area contributed by atoms with Gasteiger partial charge in [0, 0.05) is 12.7 Å². The van der Waals surface area contributed by atoms with E-state index in [1.807, 2.05) is 26.8 Å². The van der Waals surface area contributed by atoms with Crippen LogP contribution in [0.2, 0.25) is 0 Å². The zero-order chi connectivity index (χ0) is 19.0. The second-order valence-electron chi connectivity index (χ2n) is 7.29. The monoisotopic (exact) mass is 350 g/mol. The number of rotatable bonds is 10. The summed E-state index contributed by atoms with van der Waals surface area (Å²) in [5, 5.41) is 3.03. The van der Waals surface area contributed by atoms with E-state index in [1.165, 1.54) is 0 Å². The Labute approximate surface area is 152 Å². The van der Waals surface area contributed by atoms with Crippen molar-refractivity contribution in [3.05, 3.63) is 17.8 Å². The number of amides is 1. The number of carbonyl (C=O) groups excluding carboxylic acids is 1. The number of aryl methyl sites for hydroxylation is 1. The van der Waals surface area contributed by atoms with Gasteiger partial charge in [-0.1, -0.05) is 27.7 Å². The molecule has 1 aromatic rings. The van der Waals surface area contributed by atoms with E-state index in [0.29, 0.717) is 49.5 Å². The molecule has 1 N–H and O–H groups in total. The van der Waals surface area contributed by atoms with Crippen LogP contribution in [0.1, 0.15) is 60.1 Å². The maximum atomic E-state index is 13.2. The zero-order valence-corrected chi connectivity index (χ0v) is 16.8. The molecule has 0 saturated carbocycles. The summed E-state index contributed by atoms with van der Waals surface area (Å²) in [5.41, 5.74) is 0.617. The molecule has 5 heteroatoms. The standard InChI is InChI=1S/C20H34N2O3/c1-8-24-18-11-10-17(16(7)21-18)22-19(23)20(25-9-2,12-14(3)4)13-15(5)6/h10-11,14-15H,8-9,12-13H2,1-7H3,(H,22,23). The van der Waals surface area contributed by atoms with Crippen LogP contribution in [0.15, 0.2) is 12.1 Å². The number of nitrogens with one attached hydrogen (secondary N) is 1. The van der Waals surface area contributed by atoms with Crippen molar-refractivity contribution >= 4 is 11.6 Å². The number of anilines is 1. The number of nitrogens with zero attached hydrogens (tertiary/aromatic N) is 1. The quantitative estimate of drug-likeness (QED) is 0.670. The normalized spacial score (nSPS) is 11.9. The molecule has 0 unspecified atom stereocenters. The number of aromatic nitrogens is 1. The molecule has 0 fully saturated rings. The van der Waals surface area contributed by atoms with Gasteiger partial charge in [0.05, 0.1) is 18.0 Å². The fourth-order valence-electron chi connectivity index (χ4n) is 3.18. The van der Waals surface area contributed by atoms with Gasteiger partial charge in [0.15, 0.2) is 0 Å². The molecule has 0 saturated heterocycles. The Kier molecular flexibility index (Phi) is 8.36. The fraction of sp³-hybridized carbons (Fsp3) is 0.700. The average molecular weight is 351 g/mol. The first kappa shape index (κ1) is 21.4. The predicted octanol–water partition coefficient (Wildman–Crippen LogP) is 4.59. The second-order valence-corrected chi connectivity index (χ2v) is 7.29. The number of pyridine rings is 1. The van der Waals surface area contributed by atoms with Gasteiger partial charge in [-0.05, 0) is 51.5 Å². The number of ether oxygens (including phenoxy) is 2. The lowest BCUT2D eigenvalue weighted by molar-refractivity contribution is -0.146. The molecule has 5 nitrogen and oxygen atoms in total. The van der Waals surface area contributed by atoms with Crippen LogP contribution < -0.4 is 10.1 Å². The smallest absolute Gasteiger partial charge is 0.256 e. The summed E-state index contributed by atoms with van der Waals surface area (Å²) in [6.07, 6.45) is 1.38. The molecule has 0 bridgehead atoms. The van der Waals surface area contributed by atoms with E-state index in [0.717, 1.165) is 5.69 Å². The van der Waals surface area contributed by atoms with Gasteiger partial charge in [-0.15, -0.1) is 0 Å². The van der Waals surface area contributed by atoms with Gasteiger partial charge < -0.3 is 14.8 Å². The van der Waals surface area contributed by atoms with E-state index in [4.69, 9.17) is 9.47 Å². The van der Waals surface area contributed by atoms with E-state index in [9.17, 15) is 4.79 Å². The maximum absolute atomic E-state index is 13.2. The molecule has 0 aliphatic carbocycles. The van der Waals surface area contributed by atoms with Gasteiger partial charge in [-0.2, -0.15) is 0 Å². The lowest BCUT2D eigenvalue weighted by Gasteiger charge is -2.35. The summed E-state index contributed by atoms with van der Waals surface area (Å²) in [6, 6.07) is 3.62. The Balaban J connectivity index is 3.08. The summed E-state index contributed by atoms with van der Waals surface area (Å²) >= 11 is 0. The highest BCUT2D eigenvalue weighted by Crippen LogP contribution is 2.31. The third kappa shape index (κ3) is 6.31. The molecule has 0 spiro atoms. The van der Waals surface area contributed by atoms with E-state index < -0.39 is 5.60 Å². The summed E-state index contributed by atoms with van der Waals surface area (Å²) < 4.78 is 11.4. The molecular weight excluding hydrogens is 316 g/mol. The molecular formula is C20H34N2O3. The Hall–Kier alpha value is -1.62. The van der Waals surface area contributed by atoms with E-state index in [1.54, 1.807) is 6.07 Å². The summed E-state index contributed by atoms with van der Waals surface area (Å²) in [6.45, 7) is 15.3. The minimum absolute atomic E-state index is 0.0918. The molecule has 0 aliphatic heterocycles. The van der Waals surface area contributed by atoms with Crippen LogP contribution in [-0.2, 0) is 9.53 Å². The van der Waals surface area contributed by atoms with Crippen LogP contribution in [0.3, 0.4) is 0 Å². The van der Waals surface area contributed by atoms with Crippen LogP contribution in [0.4, 0.5) is 5.69 Å². The van der Waals surface area contributed by atoms with Crippen LogP contribution >= 0.6 is 0 Å². The van der Waals surface area contributed by atoms with Gasteiger partial charge in [-0.25, -0.2) is 4.98 Å². The molecule has 25 heavy (non-hydrogen) atoms. The van der Waals surface area contributed by atoms with Crippen LogP contribution in [0.5, 0.6) is 5.88 Å². The van der Waals surface area contributed by atoms with Crippen molar-refractivity contribution in [3.63, 3.8) is 0 Å². The Morgan fingerprint density at radius 3 is 2.16 bits per heavy atom. The largest absolute Gasteiger partial charge is 0.478 e. The van der Waals surface area contributed by atoms with E-state index in [2.05, 4.69) is 38.0 Å². The third-order valence-electron chi connectivity index (χ3n) is 3.91. The minimum atomic E-state index is -0.817. The van der Waals surface area contributed by atoms with Gasteiger partial charge in [0.1, 0.15) is 5.60 Å². The fourth-order valence-corrected chi connectivity index (χ4v) is 3.18. The maximum Gasteiger partial charge on any atom is 0.256 e. The Morgan fingerprint density at radius 1 is 1.12 bits per heavy atom. The van der Waals surface area contributed by atoms with Crippen molar-refractivity contribution in [2.24, 2.45) is 11.8 Å². The third-order valence-corrected chi connectivity index (χ3v) is 3.91. The highest BCUT2D eigenvalue weighted by Gasteiger charge is 2.40. The molecule has 0 aromatic carbocycles. The van der Waals surface area contributed by atoms with E-state index in [-0.39, 0.29) is 5.91 Å². The number of carbonyl (C=O) groups is 1. The Bertz CT molecular complexity index is 546. The highest BCUT2D eigenvalue weighted by molar-refractivity contribution is 5.97. The van der Waals surface area contributed by atoms with Crippen molar-refractivity contribution < 1.29 is 14.3 Å². The molecule has 142 valence electrons. The summed E-state index contributed by atoms with van der Waals surface area (Å²) in [4.78, 5) is 17.6. The summed E-state index contributed by atoms with van der Waals surface area (Å²) in [5.74, 6) is 1.19. The van der Waals surface area contributed by atoms with Crippen molar-refractivity contribution in [1.29, 1.82) is 0 Å². The lowest BCUT2D eigenvalue weighted by Crippen LogP contribution is -2.47. The molecule has 0 atom stereocenters. The summed E-state index contributed by atoms with van der Waals surface area (Å²) in [7, 11) is 0. The SMILES string of the molecule is CCOc1ccc(NC(=O)C(CC(C)C)(CC(C)C)OCC)c(C)n1. The first-order valence-electron chi connectivity index (χ1n) is 9.29. The van der Waals surface area contributed by atoms with Gasteiger partial charge in [0.25, 0.3) is 5.91 Å². The van der Waals surface area contributed by atoms with Crippen LogP contribution in [0, 0.1) is 18.8 Å². The zero-order valence-electron chi connectivity index (χ0n) is 16.8. The average Bonchev–Trinajstić information content (AvgIpc) is 2.49. The topological polar surface area (TPSA) is 60.5 Å². The number of hydrogen-bond donors (Lipinski definition) is 1. The van der Waals surface area contributed by atoms with Crippen LogP contribution in [-0.4, -0.2) is 29.7 Å². The first-order valence-corrected chi connectivity index (χ1v) is 9.29. The molecule has 0 radical (unpaired) electrons. The molecule has 1 aromatic heterocycles. The van der Waals surface area contributed by atoms with Gasteiger partial charge in [-0.3, -0.25) is 4.79 Å².